The van der Waals surface area contributed by atoms with Crippen molar-refractivity contribution in [2.24, 2.45) is 5.16 Å². The molecule has 0 unspecified atom stereocenters. The molecule has 2 aromatic carbocycles. The smallest absolute Gasteiger partial charge is 0.303 e. The number of fused-ring (bicyclic) bond motifs is 1. The lowest BCUT2D eigenvalue weighted by molar-refractivity contribution is -0.137. The fraction of sp³-hybridized carbons (Fsp3) is 0.182. The zero-order valence-corrected chi connectivity index (χ0v) is 15.2. The van der Waals surface area contributed by atoms with Crippen LogP contribution in [0.15, 0.2) is 66.1 Å². The number of unbranched alkanes of at least 4 members (excludes halogenated alkanes) is 1. The van der Waals surface area contributed by atoms with E-state index in [1.165, 1.54) is 0 Å². The minimum atomic E-state index is -0.828. The van der Waals surface area contributed by atoms with Crippen LogP contribution in [-0.4, -0.2) is 34.7 Å². The highest BCUT2D eigenvalue weighted by atomic mass is 16.6. The van der Waals surface area contributed by atoms with E-state index < -0.39 is 5.97 Å². The van der Waals surface area contributed by atoms with Gasteiger partial charge in [-0.25, -0.2) is 0 Å². The Morgan fingerprint density at radius 1 is 1.11 bits per heavy atom. The van der Waals surface area contributed by atoms with Crippen molar-refractivity contribution in [1.29, 1.82) is 0 Å². The number of nitrogens with zero attached hydrogens (tertiary/aromatic N) is 2. The number of pyridine rings is 1. The van der Waals surface area contributed by atoms with Gasteiger partial charge in [-0.1, -0.05) is 41.6 Å². The summed E-state index contributed by atoms with van der Waals surface area (Å²) in [5, 5.41) is 14.9. The number of carboxylic acid groups (broad SMARTS) is 1. The third kappa shape index (κ3) is 4.59. The molecular weight excluding hydrogens is 356 g/mol. The Morgan fingerprint density at radius 3 is 2.71 bits per heavy atom. The summed E-state index contributed by atoms with van der Waals surface area (Å²) in [6.45, 7) is 0.290. The normalized spacial score (nSPS) is 11.4. The van der Waals surface area contributed by atoms with Crippen LogP contribution in [0.2, 0.25) is 0 Å². The maximum atomic E-state index is 11.7. The molecule has 1 heterocycles. The molecule has 3 aromatic rings. The molecule has 0 atom stereocenters. The number of hydrogen-bond donors (Lipinski definition) is 1. The monoisotopic (exact) mass is 376 g/mol. The summed E-state index contributed by atoms with van der Waals surface area (Å²) in [5.41, 5.74) is 2.44. The van der Waals surface area contributed by atoms with Crippen LogP contribution in [0.1, 0.15) is 40.7 Å². The summed E-state index contributed by atoms with van der Waals surface area (Å²) in [6.07, 6.45) is 5.33. The molecule has 0 saturated heterocycles. The van der Waals surface area contributed by atoms with Crippen molar-refractivity contribution in [2.45, 2.75) is 19.3 Å². The zero-order chi connectivity index (χ0) is 19.8. The van der Waals surface area contributed by atoms with Gasteiger partial charge in [0.15, 0.2) is 6.29 Å². The van der Waals surface area contributed by atoms with Gasteiger partial charge in [0.1, 0.15) is 12.3 Å². The van der Waals surface area contributed by atoms with Crippen LogP contribution < -0.4 is 0 Å². The van der Waals surface area contributed by atoms with Gasteiger partial charge in [-0.2, -0.15) is 0 Å². The molecule has 0 bridgehead atoms. The molecule has 142 valence electrons. The van der Waals surface area contributed by atoms with E-state index in [0.29, 0.717) is 29.7 Å². The first-order valence-corrected chi connectivity index (χ1v) is 9.00. The highest BCUT2D eigenvalue weighted by molar-refractivity contribution is 6.22. The number of rotatable bonds is 9. The van der Waals surface area contributed by atoms with Gasteiger partial charge >= 0.3 is 5.97 Å². The number of carbonyl (C=O) groups excluding carboxylic acids is 1. The molecule has 0 aliphatic heterocycles. The molecule has 1 aromatic heterocycles. The maximum absolute atomic E-state index is 11.7. The van der Waals surface area contributed by atoms with Gasteiger partial charge in [-0.15, -0.1) is 0 Å². The summed E-state index contributed by atoms with van der Waals surface area (Å²) in [4.78, 5) is 32.0. The van der Waals surface area contributed by atoms with Crippen LogP contribution in [-0.2, 0) is 9.63 Å². The number of aromatic nitrogens is 1. The Hall–Kier alpha value is -3.54. The Kier molecular flexibility index (Phi) is 6.46. The molecule has 0 aliphatic rings. The van der Waals surface area contributed by atoms with Crippen LogP contribution in [0, 0.1) is 0 Å². The summed E-state index contributed by atoms with van der Waals surface area (Å²) in [6, 6.07) is 15.1. The van der Waals surface area contributed by atoms with Crippen LogP contribution in [0.3, 0.4) is 0 Å². The van der Waals surface area contributed by atoms with E-state index in [0.717, 1.165) is 22.6 Å². The summed E-state index contributed by atoms with van der Waals surface area (Å²) >= 11 is 0. The van der Waals surface area contributed by atoms with Gasteiger partial charge in [0.25, 0.3) is 0 Å². The molecule has 28 heavy (non-hydrogen) atoms. The van der Waals surface area contributed by atoms with Gasteiger partial charge in [0, 0.05) is 35.5 Å². The molecule has 6 nitrogen and oxygen atoms in total. The van der Waals surface area contributed by atoms with Crippen molar-refractivity contribution in [2.75, 3.05) is 6.61 Å². The van der Waals surface area contributed by atoms with Crippen molar-refractivity contribution < 1.29 is 19.5 Å². The molecule has 3 rings (SSSR count). The van der Waals surface area contributed by atoms with Gasteiger partial charge < -0.3 is 9.94 Å². The van der Waals surface area contributed by atoms with E-state index >= 15 is 0 Å². The molecule has 6 heteroatoms. The van der Waals surface area contributed by atoms with E-state index in [-0.39, 0.29) is 13.0 Å². The van der Waals surface area contributed by atoms with Crippen molar-refractivity contribution in [1.82, 2.24) is 4.98 Å². The zero-order valence-electron chi connectivity index (χ0n) is 15.2. The van der Waals surface area contributed by atoms with Crippen molar-refractivity contribution in [3.05, 3.63) is 77.6 Å². The molecule has 0 saturated carbocycles. The quantitative estimate of drug-likeness (QED) is 0.263. The number of carbonyl (C=O) groups is 2. The Morgan fingerprint density at radius 2 is 1.96 bits per heavy atom. The van der Waals surface area contributed by atoms with E-state index in [9.17, 15) is 9.59 Å². The lowest BCUT2D eigenvalue weighted by Gasteiger charge is -2.13. The molecular formula is C22H20N2O4. The number of benzene rings is 2. The first-order chi connectivity index (χ1) is 13.7. The summed E-state index contributed by atoms with van der Waals surface area (Å²) in [5.74, 6) is -0.828. The summed E-state index contributed by atoms with van der Waals surface area (Å²) in [7, 11) is 0. The molecule has 0 amide bonds. The van der Waals surface area contributed by atoms with Gasteiger partial charge in [0.2, 0.25) is 0 Å². The largest absolute Gasteiger partial charge is 0.481 e. The molecule has 1 N–H and O–H groups in total. The highest BCUT2D eigenvalue weighted by Crippen LogP contribution is 2.25. The maximum Gasteiger partial charge on any atom is 0.303 e. The van der Waals surface area contributed by atoms with Crippen molar-refractivity contribution in [3.8, 4) is 0 Å². The minimum Gasteiger partial charge on any atom is -0.481 e. The first kappa shape index (κ1) is 19.2. The fourth-order valence-electron chi connectivity index (χ4n) is 2.95. The van der Waals surface area contributed by atoms with Crippen molar-refractivity contribution >= 4 is 28.7 Å². The van der Waals surface area contributed by atoms with Crippen LogP contribution in [0.5, 0.6) is 0 Å². The van der Waals surface area contributed by atoms with Gasteiger partial charge in [-0.3, -0.25) is 14.6 Å². The summed E-state index contributed by atoms with van der Waals surface area (Å²) < 4.78 is 0. The van der Waals surface area contributed by atoms with Crippen LogP contribution in [0.4, 0.5) is 0 Å². The van der Waals surface area contributed by atoms with E-state index in [1.807, 2.05) is 36.4 Å². The number of aldehydes is 1. The molecule has 0 spiro atoms. The lowest BCUT2D eigenvalue weighted by Crippen LogP contribution is -2.09. The minimum absolute atomic E-state index is 0.0984. The standard InChI is InChI=1S/C22H20N2O4/c25-15-18-11-10-16-6-1-2-8-19(16)21(18)22(17-7-5-12-23-14-17)24-28-13-4-3-9-20(26)27/h1-2,5-8,10-12,14-15H,3-4,9,13H2,(H,26,27). The Balaban J connectivity index is 1.98. The second kappa shape index (κ2) is 9.41. The van der Waals surface area contributed by atoms with Crippen LogP contribution in [0.25, 0.3) is 10.8 Å². The third-order valence-corrected chi connectivity index (χ3v) is 4.29. The van der Waals surface area contributed by atoms with Crippen molar-refractivity contribution in [3.63, 3.8) is 0 Å². The van der Waals surface area contributed by atoms with Crippen LogP contribution >= 0.6 is 0 Å². The van der Waals surface area contributed by atoms with E-state index in [1.54, 1.807) is 24.5 Å². The second-order valence-electron chi connectivity index (χ2n) is 6.23. The number of carboxylic acids is 1. The molecule has 0 fully saturated rings. The predicted molar refractivity (Wildman–Crippen MR) is 107 cm³/mol. The first-order valence-electron chi connectivity index (χ1n) is 9.00. The third-order valence-electron chi connectivity index (χ3n) is 4.29. The van der Waals surface area contributed by atoms with E-state index in [2.05, 4.69) is 10.1 Å². The van der Waals surface area contributed by atoms with Gasteiger partial charge in [0.05, 0.1) is 0 Å². The average Bonchev–Trinajstić information content (AvgIpc) is 2.73. The number of hydrogen-bond acceptors (Lipinski definition) is 5. The molecule has 0 aliphatic carbocycles. The topological polar surface area (TPSA) is 88.8 Å². The predicted octanol–water partition coefficient (Wildman–Crippen LogP) is 4.07. The lowest BCUT2D eigenvalue weighted by atomic mass is 9.93. The molecule has 0 radical (unpaired) electrons. The van der Waals surface area contributed by atoms with E-state index in [4.69, 9.17) is 9.94 Å². The Labute approximate surface area is 162 Å². The number of aliphatic carboxylic acids is 1. The fourth-order valence-corrected chi connectivity index (χ4v) is 2.95. The Bertz CT molecular complexity index is 1000. The average molecular weight is 376 g/mol. The SMILES string of the molecule is O=Cc1ccc2ccccc2c1C(=NOCCCCC(=O)O)c1cccnc1. The number of oxime groups is 1. The second-order valence-corrected chi connectivity index (χ2v) is 6.23. The van der Waals surface area contributed by atoms with Gasteiger partial charge in [-0.05, 0) is 35.7 Å². The highest BCUT2D eigenvalue weighted by Gasteiger charge is 2.16.